The first-order valence-electron chi connectivity index (χ1n) is 7.02. The van der Waals surface area contributed by atoms with E-state index in [0.29, 0.717) is 24.8 Å². The number of amides is 1. The van der Waals surface area contributed by atoms with E-state index < -0.39 is 11.9 Å². The Kier molecular flexibility index (Phi) is 3.51. The van der Waals surface area contributed by atoms with E-state index >= 15 is 0 Å². The van der Waals surface area contributed by atoms with Gasteiger partial charge in [0, 0.05) is 19.1 Å². The van der Waals surface area contributed by atoms with Crippen LogP contribution in [0, 0.1) is 5.92 Å². The molecule has 2 fully saturated rings. The van der Waals surface area contributed by atoms with Crippen LogP contribution in [0.3, 0.4) is 0 Å². The maximum atomic E-state index is 12.5. The summed E-state index contributed by atoms with van der Waals surface area (Å²) in [6, 6.07) is 2.73. The molecule has 1 aliphatic carbocycles. The zero-order valence-electron chi connectivity index (χ0n) is 11.4. The number of carbonyl (C=O) groups is 1. The van der Waals surface area contributed by atoms with E-state index in [4.69, 9.17) is 0 Å². The van der Waals surface area contributed by atoms with Gasteiger partial charge in [-0.05, 0) is 31.4 Å². The first kappa shape index (κ1) is 14.2. The standard InChI is InChI=1S/C14H16F3N3O/c15-14(16,17)12-4-3-11(7-18-12)20-6-5-9(8-20)13(21)19-10-1-2-10/h3-4,7,9-10H,1-2,5-6,8H2,(H,19,21). The molecule has 3 rings (SSSR count). The number of aromatic nitrogens is 1. The van der Waals surface area contributed by atoms with Crippen molar-refractivity contribution in [1.82, 2.24) is 10.3 Å². The number of rotatable bonds is 3. The molecule has 2 aliphatic rings. The second kappa shape index (κ2) is 5.20. The van der Waals surface area contributed by atoms with E-state index in [-0.39, 0.29) is 11.8 Å². The van der Waals surface area contributed by atoms with Crippen LogP contribution in [0.1, 0.15) is 25.0 Å². The minimum Gasteiger partial charge on any atom is -0.369 e. The summed E-state index contributed by atoms with van der Waals surface area (Å²) in [6.45, 7) is 1.20. The van der Waals surface area contributed by atoms with Crippen molar-refractivity contribution in [1.29, 1.82) is 0 Å². The van der Waals surface area contributed by atoms with Gasteiger partial charge < -0.3 is 10.2 Å². The van der Waals surface area contributed by atoms with E-state index in [1.54, 1.807) is 0 Å². The maximum Gasteiger partial charge on any atom is 0.433 e. The van der Waals surface area contributed by atoms with Crippen LogP contribution in [0.25, 0.3) is 0 Å². The van der Waals surface area contributed by atoms with Crippen molar-refractivity contribution in [3.05, 3.63) is 24.0 Å². The largest absolute Gasteiger partial charge is 0.433 e. The maximum absolute atomic E-state index is 12.5. The highest BCUT2D eigenvalue weighted by molar-refractivity contribution is 5.80. The molecule has 2 heterocycles. The molecule has 0 spiro atoms. The predicted molar refractivity (Wildman–Crippen MR) is 70.7 cm³/mol. The highest BCUT2D eigenvalue weighted by Crippen LogP contribution is 2.30. The molecule has 114 valence electrons. The van der Waals surface area contributed by atoms with Gasteiger partial charge in [0.15, 0.2) is 0 Å². The monoisotopic (exact) mass is 299 g/mol. The van der Waals surface area contributed by atoms with Crippen LogP contribution in [0.4, 0.5) is 18.9 Å². The fourth-order valence-electron chi connectivity index (χ4n) is 2.50. The number of alkyl halides is 3. The molecule has 7 heteroatoms. The number of hydrogen-bond acceptors (Lipinski definition) is 3. The highest BCUT2D eigenvalue weighted by Gasteiger charge is 2.34. The van der Waals surface area contributed by atoms with Crippen molar-refractivity contribution in [2.45, 2.75) is 31.5 Å². The molecule has 1 saturated heterocycles. The van der Waals surface area contributed by atoms with Gasteiger partial charge in [0.25, 0.3) is 0 Å². The van der Waals surface area contributed by atoms with Gasteiger partial charge in [-0.15, -0.1) is 0 Å². The summed E-state index contributed by atoms with van der Waals surface area (Å²) in [5, 5.41) is 2.97. The molecule has 1 N–H and O–H groups in total. The number of nitrogens with zero attached hydrogens (tertiary/aromatic N) is 2. The van der Waals surface area contributed by atoms with Crippen molar-refractivity contribution < 1.29 is 18.0 Å². The van der Waals surface area contributed by atoms with Gasteiger partial charge in [-0.2, -0.15) is 13.2 Å². The van der Waals surface area contributed by atoms with E-state index in [1.807, 2.05) is 4.90 Å². The molecule has 4 nitrogen and oxygen atoms in total. The minimum absolute atomic E-state index is 0.0554. The normalized spacial score (nSPS) is 22.4. The Morgan fingerprint density at radius 3 is 2.62 bits per heavy atom. The molecular formula is C14H16F3N3O. The third-order valence-corrected chi connectivity index (χ3v) is 3.89. The average molecular weight is 299 g/mol. The van der Waals surface area contributed by atoms with Crippen molar-refractivity contribution in [3.8, 4) is 0 Å². The minimum atomic E-state index is -4.42. The molecule has 1 atom stereocenters. The topological polar surface area (TPSA) is 45.2 Å². The predicted octanol–water partition coefficient (Wildman–Crippen LogP) is 2.21. The van der Waals surface area contributed by atoms with Crippen LogP contribution < -0.4 is 10.2 Å². The first-order valence-corrected chi connectivity index (χ1v) is 7.02. The molecule has 1 saturated carbocycles. The molecule has 0 radical (unpaired) electrons. The summed E-state index contributed by atoms with van der Waals surface area (Å²) in [4.78, 5) is 17.3. The summed E-state index contributed by atoms with van der Waals surface area (Å²) in [5.74, 6) is -0.0345. The van der Waals surface area contributed by atoms with Crippen LogP contribution >= 0.6 is 0 Å². The number of pyridine rings is 1. The van der Waals surface area contributed by atoms with E-state index in [1.165, 1.54) is 12.3 Å². The van der Waals surface area contributed by atoms with Gasteiger partial charge >= 0.3 is 6.18 Å². The third-order valence-electron chi connectivity index (χ3n) is 3.89. The Morgan fingerprint density at radius 2 is 2.05 bits per heavy atom. The quantitative estimate of drug-likeness (QED) is 0.930. The van der Waals surface area contributed by atoms with Crippen LogP contribution in [0.2, 0.25) is 0 Å². The Labute approximate surface area is 120 Å². The van der Waals surface area contributed by atoms with Crippen LogP contribution in [0.15, 0.2) is 18.3 Å². The van der Waals surface area contributed by atoms with Gasteiger partial charge in [0.1, 0.15) is 5.69 Å². The number of hydrogen-bond donors (Lipinski definition) is 1. The lowest BCUT2D eigenvalue weighted by molar-refractivity contribution is -0.141. The Hall–Kier alpha value is -1.79. The van der Waals surface area contributed by atoms with E-state index in [0.717, 1.165) is 25.3 Å². The lowest BCUT2D eigenvalue weighted by Gasteiger charge is -2.18. The summed E-state index contributed by atoms with van der Waals surface area (Å²) in [6.07, 6.45) is -0.379. The molecule has 1 unspecified atom stereocenters. The zero-order chi connectivity index (χ0) is 15.0. The SMILES string of the molecule is O=C(NC1CC1)C1CCN(c2ccc(C(F)(F)F)nc2)C1. The molecule has 1 amide bonds. The van der Waals surface area contributed by atoms with Gasteiger partial charge in [0.05, 0.1) is 17.8 Å². The average Bonchev–Trinajstić information content (AvgIpc) is 3.11. The number of halogens is 3. The molecule has 0 bridgehead atoms. The number of carbonyl (C=O) groups excluding carboxylic acids is 1. The van der Waals surface area contributed by atoms with Crippen molar-refractivity contribution in [3.63, 3.8) is 0 Å². The van der Waals surface area contributed by atoms with Crippen molar-refractivity contribution in [2.75, 3.05) is 18.0 Å². The molecule has 1 aromatic heterocycles. The smallest absolute Gasteiger partial charge is 0.369 e. The summed E-state index contributed by atoms with van der Waals surface area (Å²) < 4.78 is 37.4. The lowest BCUT2D eigenvalue weighted by Crippen LogP contribution is -2.34. The molecular weight excluding hydrogens is 283 g/mol. The molecule has 1 aromatic rings. The first-order chi connectivity index (χ1) is 9.93. The Morgan fingerprint density at radius 1 is 1.29 bits per heavy atom. The third kappa shape index (κ3) is 3.28. The molecule has 0 aromatic carbocycles. The van der Waals surface area contributed by atoms with Crippen LogP contribution in [-0.4, -0.2) is 30.0 Å². The fourth-order valence-corrected chi connectivity index (χ4v) is 2.50. The molecule has 21 heavy (non-hydrogen) atoms. The molecule has 1 aliphatic heterocycles. The lowest BCUT2D eigenvalue weighted by atomic mass is 10.1. The summed E-state index contributed by atoms with van der Waals surface area (Å²) >= 11 is 0. The van der Waals surface area contributed by atoms with E-state index in [9.17, 15) is 18.0 Å². The van der Waals surface area contributed by atoms with Gasteiger partial charge in [-0.25, -0.2) is 4.98 Å². The number of nitrogens with one attached hydrogen (secondary N) is 1. The van der Waals surface area contributed by atoms with Crippen LogP contribution in [0.5, 0.6) is 0 Å². The second-order valence-corrected chi connectivity index (χ2v) is 5.61. The van der Waals surface area contributed by atoms with Crippen LogP contribution in [-0.2, 0) is 11.0 Å². The summed E-state index contributed by atoms with van der Waals surface area (Å²) in [5.41, 5.74) is -0.266. The second-order valence-electron chi connectivity index (χ2n) is 5.61. The Bertz CT molecular complexity index is 525. The zero-order valence-corrected chi connectivity index (χ0v) is 11.4. The van der Waals surface area contributed by atoms with Gasteiger partial charge in [-0.1, -0.05) is 0 Å². The Balaban J connectivity index is 1.61. The fraction of sp³-hybridized carbons (Fsp3) is 0.571. The van der Waals surface area contributed by atoms with Crippen molar-refractivity contribution >= 4 is 11.6 Å². The van der Waals surface area contributed by atoms with Gasteiger partial charge in [-0.3, -0.25) is 4.79 Å². The summed E-state index contributed by atoms with van der Waals surface area (Å²) in [7, 11) is 0. The van der Waals surface area contributed by atoms with Gasteiger partial charge in [0.2, 0.25) is 5.91 Å². The van der Waals surface area contributed by atoms with E-state index in [2.05, 4.69) is 10.3 Å². The van der Waals surface area contributed by atoms with Crippen molar-refractivity contribution in [2.24, 2.45) is 5.92 Å². The highest BCUT2D eigenvalue weighted by atomic mass is 19.4. The number of anilines is 1.